The van der Waals surface area contributed by atoms with Gasteiger partial charge in [-0.05, 0) is 29.0 Å². The molecular weight excluding hydrogens is 483 g/mol. The van der Waals surface area contributed by atoms with Gasteiger partial charge in [-0.1, -0.05) is 37.3 Å². The van der Waals surface area contributed by atoms with Gasteiger partial charge in [0, 0.05) is 26.7 Å². The maximum Gasteiger partial charge on any atom is 0.250 e. The molecule has 0 spiro atoms. The zero-order valence-electron chi connectivity index (χ0n) is 14.9. The van der Waals surface area contributed by atoms with Gasteiger partial charge in [0.2, 0.25) is 10.0 Å². The summed E-state index contributed by atoms with van der Waals surface area (Å²) < 4.78 is 26.9. The molecule has 2 rings (SSSR count). The fraction of sp³-hybridized carbons (Fsp3) is 0.353. The molecule has 0 fully saturated rings. The van der Waals surface area contributed by atoms with Crippen LogP contribution in [0.1, 0.15) is 18.1 Å². The predicted molar refractivity (Wildman–Crippen MR) is 119 cm³/mol. The van der Waals surface area contributed by atoms with E-state index in [9.17, 15) is 8.42 Å². The molecule has 1 heterocycles. The SMILES string of the molecule is CCc1ccccc1CNC(=NC)NCCNS(=O)(=O)c1cccs1.I. The Hall–Kier alpha value is -1.17. The van der Waals surface area contributed by atoms with Crippen molar-refractivity contribution in [1.29, 1.82) is 0 Å². The van der Waals surface area contributed by atoms with Crippen molar-refractivity contribution in [3.63, 3.8) is 0 Å². The molecule has 1 aromatic heterocycles. The highest BCUT2D eigenvalue weighted by Crippen LogP contribution is 2.14. The molecule has 3 N–H and O–H groups in total. The van der Waals surface area contributed by atoms with Crippen molar-refractivity contribution in [3.05, 3.63) is 52.9 Å². The van der Waals surface area contributed by atoms with E-state index >= 15 is 0 Å². The average molecular weight is 508 g/mol. The van der Waals surface area contributed by atoms with Crippen LogP contribution in [-0.4, -0.2) is 34.5 Å². The van der Waals surface area contributed by atoms with Crippen molar-refractivity contribution in [2.75, 3.05) is 20.1 Å². The highest BCUT2D eigenvalue weighted by atomic mass is 127. The Labute approximate surface area is 176 Å². The van der Waals surface area contributed by atoms with Crippen LogP contribution in [0.5, 0.6) is 0 Å². The number of benzene rings is 1. The zero-order chi connectivity index (χ0) is 18.1. The second kappa shape index (κ2) is 11.5. The molecular formula is C17H25IN4O2S2. The van der Waals surface area contributed by atoms with E-state index in [1.54, 1.807) is 24.6 Å². The number of rotatable bonds is 8. The van der Waals surface area contributed by atoms with Crippen LogP contribution in [0.25, 0.3) is 0 Å². The Bertz CT molecular complexity index is 793. The summed E-state index contributed by atoms with van der Waals surface area (Å²) in [5.74, 6) is 0.640. The highest BCUT2D eigenvalue weighted by Gasteiger charge is 2.13. The summed E-state index contributed by atoms with van der Waals surface area (Å²) in [6.45, 7) is 3.53. The lowest BCUT2D eigenvalue weighted by Gasteiger charge is -2.14. The van der Waals surface area contributed by atoms with Gasteiger partial charge in [-0.3, -0.25) is 4.99 Å². The smallest absolute Gasteiger partial charge is 0.250 e. The van der Waals surface area contributed by atoms with Crippen LogP contribution in [0, 0.1) is 0 Å². The number of hydrogen-bond donors (Lipinski definition) is 3. The quantitative estimate of drug-likeness (QED) is 0.222. The molecule has 26 heavy (non-hydrogen) atoms. The van der Waals surface area contributed by atoms with E-state index < -0.39 is 10.0 Å². The average Bonchev–Trinajstić information content (AvgIpc) is 3.17. The molecule has 6 nitrogen and oxygen atoms in total. The van der Waals surface area contributed by atoms with Gasteiger partial charge in [-0.25, -0.2) is 13.1 Å². The van der Waals surface area contributed by atoms with Crippen molar-refractivity contribution >= 4 is 51.3 Å². The minimum absolute atomic E-state index is 0. The van der Waals surface area contributed by atoms with Crippen LogP contribution in [0.2, 0.25) is 0 Å². The van der Waals surface area contributed by atoms with E-state index in [4.69, 9.17) is 0 Å². The number of guanidine groups is 1. The molecule has 2 aromatic rings. The zero-order valence-corrected chi connectivity index (χ0v) is 18.8. The lowest BCUT2D eigenvalue weighted by molar-refractivity contribution is 0.582. The number of aryl methyl sites for hydroxylation is 1. The van der Waals surface area contributed by atoms with E-state index in [-0.39, 0.29) is 30.5 Å². The second-order valence-electron chi connectivity index (χ2n) is 5.30. The number of sulfonamides is 1. The van der Waals surface area contributed by atoms with Gasteiger partial charge >= 0.3 is 0 Å². The maximum absolute atomic E-state index is 12.0. The molecule has 9 heteroatoms. The minimum atomic E-state index is -3.42. The van der Waals surface area contributed by atoms with Gasteiger partial charge in [0.25, 0.3) is 0 Å². The van der Waals surface area contributed by atoms with E-state index in [0.717, 1.165) is 6.42 Å². The van der Waals surface area contributed by atoms with Crippen molar-refractivity contribution < 1.29 is 8.42 Å². The fourth-order valence-corrected chi connectivity index (χ4v) is 4.40. The second-order valence-corrected chi connectivity index (χ2v) is 8.25. The largest absolute Gasteiger partial charge is 0.355 e. The maximum atomic E-state index is 12.0. The van der Waals surface area contributed by atoms with Crippen molar-refractivity contribution in [2.24, 2.45) is 4.99 Å². The molecule has 0 bridgehead atoms. The predicted octanol–water partition coefficient (Wildman–Crippen LogP) is 2.57. The molecule has 0 aliphatic carbocycles. The Kier molecular flexibility index (Phi) is 10.1. The van der Waals surface area contributed by atoms with Gasteiger partial charge in [-0.15, -0.1) is 35.3 Å². The highest BCUT2D eigenvalue weighted by molar-refractivity contribution is 14.0. The Morgan fingerprint density at radius 3 is 2.42 bits per heavy atom. The molecule has 1 aromatic carbocycles. The van der Waals surface area contributed by atoms with Crippen molar-refractivity contribution in [3.8, 4) is 0 Å². The van der Waals surface area contributed by atoms with Crippen LogP contribution >= 0.6 is 35.3 Å². The lowest BCUT2D eigenvalue weighted by Crippen LogP contribution is -2.41. The summed E-state index contributed by atoms with van der Waals surface area (Å²) in [5.41, 5.74) is 2.53. The first-order chi connectivity index (χ1) is 12.1. The molecule has 0 unspecified atom stereocenters. The summed E-state index contributed by atoms with van der Waals surface area (Å²) in [6, 6.07) is 11.6. The van der Waals surface area contributed by atoms with E-state index in [1.807, 2.05) is 12.1 Å². The summed E-state index contributed by atoms with van der Waals surface area (Å²) in [4.78, 5) is 4.16. The molecule has 144 valence electrons. The number of hydrogen-bond acceptors (Lipinski definition) is 4. The summed E-state index contributed by atoms with van der Waals surface area (Å²) in [5, 5.41) is 8.10. The third-order valence-corrected chi connectivity index (χ3v) is 6.50. The summed E-state index contributed by atoms with van der Waals surface area (Å²) in [7, 11) is -1.73. The number of nitrogens with zero attached hydrogens (tertiary/aromatic N) is 1. The molecule has 0 radical (unpaired) electrons. The number of thiophene rings is 1. The number of halogens is 1. The first-order valence-electron chi connectivity index (χ1n) is 8.11. The Balaban J connectivity index is 0.00000338. The molecule has 0 saturated carbocycles. The first-order valence-corrected chi connectivity index (χ1v) is 10.5. The van der Waals surface area contributed by atoms with Crippen LogP contribution in [0.3, 0.4) is 0 Å². The van der Waals surface area contributed by atoms with Gasteiger partial charge in [0.15, 0.2) is 5.96 Å². The van der Waals surface area contributed by atoms with Crippen molar-refractivity contribution in [1.82, 2.24) is 15.4 Å². The van der Waals surface area contributed by atoms with Gasteiger partial charge in [-0.2, -0.15) is 0 Å². The molecule has 0 saturated heterocycles. The van der Waals surface area contributed by atoms with E-state index in [2.05, 4.69) is 39.4 Å². The number of aliphatic imine (C=N–C) groups is 1. The van der Waals surface area contributed by atoms with Crippen LogP contribution in [0.15, 0.2) is 51.0 Å². The Morgan fingerprint density at radius 1 is 1.08 bits per heavy atom. The third kappa shape index (κ3) is 6.86. The van der Waals surface area contributed by atoms with Crippen LogP contribution in [-0.2, 0) is 23.0 Å². The van der Waals surface area contributed by atoms with Gasteiger partial charge in [0.1, 0.15) is 4.21 Å². The standard InChI is InChI=1S/C17H24N4O2S2.HI/c1-3-14-7-4-5-8-15(14)13-20-17(18-2)19-10-11-21-25(22,23)16-9-6-12-24-16;/h4-9,12,21H,3,10-11,13H2,1-2H3,(H2,18,19,20);1H. The van der Waals surface area contributed by atoms with Crippen molar-refractivity contribution in [2.45, 2.75) is 24.1 Å². The minimum Gasteiger partial charge on any atom is -0.355 e. The summed E-state index contributed by atoms with van der Waals surface area (Å²) in [6.07, 6.45) is 0.981. The topological polar surface area (TPSA) is 82.6 Å². The molecule has 0 aliphatic rings. The lowest BCUT2D eigenvalue weighted by atomic mass is 10.1. The van der Waals surface area contributed by atoms with E-state index in [1.165, 1.54) is 22.5 Å². The first kappa shape index (κ1) is 22.9. The normalized spacial score (nSPS) is 11.7. The molecule has 0 aliphatic heterocycles. The van der Waals surface area contributed by atoms with Crippen LogP contribution < -0.4 is 15.4 Å². The monoisotopic (exact) mass is 508 g/mol. The summed E-state index contributed by atoms with van der Waals surface area (Å²) >= 11 is 1.20. The fourth-order valence-electron chi connectivity index (χ4n) is 2.33. The van der Waals surface area contributed by atoms with Gasteiger partial charge < -0.3 is 10.6 Å². The third-order valence-electron chi connectivity index (χ3n) is 3.64. The Morgan fingerprint density at radius 2 is 1.81 bits per heavy atom. The van der Waals surface area contributed by atoms with Crippen LogP contribution in [0.4, 0.5) is 0 Å². The van der Waals surface area contributed by atoms with Gasteiger partial charge in [0.05, 0.1) is 0 Å². The number of nitrogens with one attached hydrogen (secondary N) is 3. The van der Waals surface area contributed by atoms with E-state index in [0.29, 0.717) is 23.3 Å². The molecule has 0 atom stereocenters. The molecule has 0 amide bonds.